The molecule has 0 aliphatic rings. The zero-order valence-electron chi connectivity index (χ0n) is 12.0. The number of hydrogen-bond acceptors (Lipinski definition) is 5. The number of nitrogens with one attached hydrogen (secondary N) is 3. The van der Waals surface area contributed by atoms with Gasteiger partial charge in [-0.25, -0.2) is 9.59 Å². The lowest BCUT2D eigenvalue weighted by Crippen LogP contribution is -2.38. The van der Waals surface area contributed by atoms with E-state index in [0.29, 0.717) is 17.9 Å². The number of unbranched alkanes of at least 4 members (excludes halogenated alkanes) is 1. The van der Waals surface area contributed by atoms with Crippen molar-refractivity contribution in [1.82, 2.24) is 16.0 Å². The summed E-state index contributed by atoms with van der Waals surface area (Å²) >= 11 is 0. The van der Waals surface area contributed by atoms with Crippen LogP contribution in [0.1, 0.15) is 19.8 Å². The predicted molar refractivity (Wildman–Crippen MR) is 77.7 cm³/mol. The molecule has 0 unspecified atom stereocenters. The first-order valence-corrected chi connectivity index (χ1v) is 6.46. The lowest BCUT2D eigenvalue weighted by atomic mass is 10.3. The summed E-state index contributed by atoms with van der Waals surface area (Å²) in [7, 11) is 0. The molecule has 0 bridgehead atoms. The molecule has 0 heterocycles. The van der Waals surface area contributed by atoms with Gasteiger partial charge < -0.3 is 26.4 Å². The number of carbonyl (C=O) groups excluding carboxylic acids is 2. The average molecular weight is 284 g/mol. The Bertz CT molecular complexity index is 356. The van der Waals surface area contributed by atoms with Crippen LogP contribution in [0, 0.1) is 0 Å². The summed E-state index contributed by atoms with van der Waals surface area (Å²) in [4.78, 5) is 22.4. The molecule has 0 saturated heterocycles. The third kappa shape index (κ3) is 10.9. The molecule has 0 fully saturated rings. The smallest absolute Gasteiger partial charge is 0.333 e. The maximum Gasteiger partial charge on any atom is 0.333 e. The number of carbonyl (C=O) groups is 2. The lowest BCUT2D eigenvalue weighted by Gasteiger charge is -2.08. The van der Waals surface area contributed by atoms with Gasteiger partial charge in [0.05, 0.1) is 12.4 Å². The summed E-state index contributed by atoms with van der Waals surface area (Å²) in [5.74, 6) is -0.0128. The van der Waals surface area contributed by atoms with E-state index in [2.05, 4.69) is 29.1 Å². The Morgan fingerprint density at radius 2 is 1.60 bits per heavy atom. The van der Waals surface area contributed by atoms with Crippen LogP contribution in [0.25, 0.3) is 0 Å². The summed E-state index contributed by atoms with van der Waals surface area (Å²) in [6.07, 6.45) is 1.71. The molecule has 0 aliphatic carbocycles. The number of rotatable bonds is 10. The van der Waals surface area contributed by atoms with Gasteiger partial charge in [0.15, 0.2) is 0 Å². The summed E-state index contributed by atoms with van der Waals surface area (Å²) < 4.78 is 4.82. The monoisotopic (exact) mass is 284 g/mol. The molecule has 0 aliphatic heterocycles. The number of nitrogens with two attached hydrogens (primary N) is 1. The summed E-state index contributed by atoms with van der Waals surface area (Å²) in [5, 5.41) is 8.17. The minimum Gasteiger partial charge on any atom is -0.460 e. The second-order valence-corrected chi connectivity index (χ2v) is 4.26. The third-order valence-electron chi connectivity index (χ3n) is 2.21. The van der Waals surface area contributed by atoms with Crippen LogP contribution in [0.15, 0.2) is 24.6 Å². The first kappa shape index (κ1) is 17.8. The molecule has 0 rings (SSSR count). The maximum atomic E-state index is 11.3. The first-order chi connectivity index (χ1) is 9.43. The molecule has 114 valence electrons. The Balaban J connectivity index is 3.39. The van der Waals surface area contributed by atoms with E-state index in [1.807, 2.05) is 0 Å². The van der Waals surface area contributed by atoms with Crippen molar-refractivity contribution < 1.29 is 14.3 Å². The quantitative estimate of drug-likeness (QED) is 0.261. The molecule has 0 aromatic rings. The zero-order valence-corrected chi connectivity index (χ0v) is 12.0. The van der Waals surface area contributed by atoms with Gasteiger partial charge in [-0.2, -0.15) is 0 Å². The van der Waals surface area contributed by atoms with Crippen LogP contribution in [0.2, 0.25) is 0 Å². The van der Waals surface area contributed by atoms with Gasteiger partial charge in [-0.15, -0.1) is 0 Å². The fraction of sp³-hybridized carbons (Fsp3) is 0.538. The van der Waals surface area contributed by atoms with Crippen LogP contribution < -0.4 is 21.7 Å². The fourth-order valence-electron chi connectivity index (χ4n) is 1.19. The van der Waals surface area contributed by atoms with E-state index < -0.39 is 5.97 Å². The van der Waals surface area contributed by atoms with Crippen LogP contribution in [0.5, 0.6) is 0 Å². The van der Waals surface area contributed by atoms with E-state index in [1.165, 1.54) is 0 Å². The third-order valence-corrected chi connectivity index (χ3v) is 2.21. The fourth-order valence-corrected chi connectivity index (χ4v) is 1.19. The standard InChI is InChI=1S/C13H24N4O3/c1-10(2)12(18)20-9-8-17-13(19)16-7-5-4-6-15-11(3)14/h15H,1,3-9,14H2,2H3,(H2,16,17,19). The molecule has 7 nitrogen and oxygen atoms in total. The molecule has 0 spiro atoms. The highest BCUT2D eigenvalue weighted by atomic mass is 16.5. The van der Waals surface area contributed by atoms with Crippen LogP contribution in [0.3, 0.4) is 0 Å². The number of hydrogen-bond donors (Lipinski definition) is 4. The highest BCUT2D eigenvalue weighted by molar-refractivity contribution is 5.86. The van der Waals surface area contributed by atoms with Crippen LogP contribution in [-0.2, 0) is 9.53 Å². The minimum atomic E-state index is -0.457. The SMILES string of the molecule is C=C(N)NCCCCNC(=O)NCCOC(=O)C(=C)C. The molecule has 0 aromatic heterocycles. The van der Waals surface area contributed by atoms with Gasteiger partial charge in [-0.3, -0.25) is 0 Å². The van der Waals surface area contributed by atoms with E-state index in [9.17, 15) is 9.59 Å². The van der Waals surface area contributed by atoms with Crippen LogP contribution >= 0.6 is 0 Å². The van der Waals surface area contributed by atoms with Gasteiger partial charge >= 0.3 is 12.0 Å². The van der Waals surface area contributed by atoms with Gasteiger partial charge in [-0.05, 0) is 19.8 Å². The molecule has 2 amide bonds. The van der Waals surface area contributed by atoms with E-state index in [0.717, 1.165) is 19.4 Å². The largest absolute Gasteiger partial charge is 0.460 e. The Morgan fingerprint density at radius 1 is 1.05 bits per heavy atom. The second kappa shape index (κ2) is 10.7. The Labute approximate surface area is 119 Å². The van der Waals surface area contributed by atoms with Crippen molar-refractivity contribution in [3.63, 3.8) is 0 Å². The molecule has 7 heteroatoms. The predicted octanol–water partition coefficient (Wildman–Crippen LogP) is 0.205. The maximum absolute atomic E-state index is 11.3. The van der Waals surface area contributed by atoms with E-state index >= 15 is 0 Å². The van der Waals surface area contributed by atoms with Crippen molar-refractivity contribution in [2.75, 3.05) is 26.2 Å². The van der Waals surface area contributed by atoms with Crippen molar-refractivity contribution in [2.45, 2.75) is 19.8 Å². The molecule has 0 radical (unpaired) electrons. The molecule has 5 N–H and O–H groups in total. The molecular formula is C13H24N4O3. The Morgan fingerprint density at radius 3 is 2.15 bits per heavy atom. The van der Waals surface area contributed by atoms with E-state index in [4.69, 9.17) is 10.5 Å². The van der Waals surface area contributed by atoms with Gasteiger partial charge in [0, 0.05) is 18.7 Å². The van der Waals surface area contributed by atoms with Crippen molar-refractivity contribution in [3.05, 3.63) is 24.6 Å². The zero-order chi connectivity index (χ0) is 15.4. The summed E-state index contributed by atoms with van der Waals surface area (Å²) in [5.41, 5.74) is 5.67. The van der Waals surface area contributed by atoms with Gasteiger partial charge in [-0.1, -0.05) is 13.2 Å². The second-order valence-electron chi connectivity index (χ2n) is 4.26. The first-order valence-electron chi connectivity index (χ1n) is 6.46. The Kier molecular flexibility index (Phi) is 9.55. The van der Waals surface area contributed by atoms with Crippen LogP contribution in [-0.4, -0.2) is 38.2 Å². The number of esters is 1. The highest BCUT2D eigenvalue weighted by Crippen LogP contribution is 1.90. The number of ether oxygens (including phenoxy) is 1. The average Bonchev–Trinajstić information content (AvgIpc) is 2.37. The number of urea groups is 1. The van der Waals surface area contributed by atoms with Crippen molar-refractivity contribution in [2.24, 2.45) is 5.73 Å². The molecular weight excluding hydrogens is 260 g/mol. The van der Waals surface area contributed by atoms with Crippen molar-refractivity contribution >= 4 is 12.0 Å². The van der Waals surface area contributed by atoms with Gasteiger partial charge in [0.2, 0.25) is 0 Å². The summed E-state index contributed by atoms with van der Waals surface area (Å²) in [6.45, 7) is 10.2. The van der Waals surface area contributed by atoms with Gasteiger partial charge in [0.25, 0.3) is 0 Å². The molecule has 20 heavy (non-hydrogen) atoms. The molecule has 0 saturated carbocycles. The lowest BCUT2D eigenvalue weighted by molar-refractivity contribution is -0.138. The highest BCUT2D eigenvalue weighted by Gasteiger charge is 2.03. The van der Waals surface area contributed by atoms with Gasteiger partial charge in [0.1, 0.15) is 6.61 Å². The topological polar surface area (TPSA) is 105 Å². The number of amides is 2. The Hall–Kier alpha value is -2.18. The molecule has 0 aromatic carbocycles. The molecule has 0 atom stereocenters. The summed E-state index contributed by atoms with van der Waals surface area (Å²) in [6, 6.07) is -0.285. The van der Waals surface area contributed by atoms with Crippen molar-refractivity contribution in [1.29, 1.82) is 0 Å². The minimum absolute atomic E-state index is 0.127. The van der Waals surface area contributed by atoms with E-state index in [-0.39, 0.29) is 19.2 Å². The van der Waals surface area contributed by atoms with Crippen molar-refractivity contribution in [3.8, 4) is 0 Å². The van der Waals surface area contributed by atoms with Crippen LogP contribution in [0.4, 0.5) is 4.79 Å². The van der Waals surface area contributed by atoms with E-state index in [1.54, 1.807) is 6.92 Å². The normalized spacial score (nSPS) is 9.45.